The van der Waals surface area contributed by atoms with Gasteiger partial charge in [0, 0.05) is 17.6 Å². The second-order valence-electron chi connectivity index (χ2n) is 6.66. The van der Waals surface area contributed by atoms with Gasteiger partial charge in [-0.2, -0.15) is 5.06 Å². The molecule has 2 rings (SSSR count). The summed E-state index contributed by atoms with van der Waals surface area (Å²) in [4.78, 5) is 0. The van der Waals surface area contributed by atoms with E-state index >= 15 is 0 Å². The van der Waals surface area contributed by atoms with E-state index in [1.54, 1.807) is 0 Å². The van der Waals surface area contributed by atoms with Gasteiger partial charge in [0.05, 0.1) is 12.7 Å². The van der Waals surface area contributed by atoms with Gasteiger partial charge < -0.3 is 5.21 Å². The summed E-state index contributed by atoms with van der Waals surface area (Å²) in [6.45, 7) is 8.94. The average Bonchev–Trinajstić information content (AvgIpc) is 2.25. The minimum absolute atomic E-state index is 0.190. The predicted molar refractivity (Wildman–Crippen MR) is 72.1 cm³/mol. The van der Waals surface area contributed by atoms with Crippen LogP contribution in [-0.4, -0.2) is 40.6 Å². The quantitative estimate of drug-likeness (QED) is 0.762. The molecule has 0 amide bonds. The van der Waals surface area contributed by atoms with Gasteiger partial charge in [0.2, 0.25) is 0 Å². The van der Waals surface area contributed by atoms with Gasteiger partial charge in [-0.3, -0.25) is 9.05 Å². The molecule has 0 aromatic heterocycles. The number of nitrogens with zero attached hydrogens (tertiary/aromatic N) is 1. The molecular formula is C12H25N2O4P. The first-order valence-corrected chi connectivity index (χ1v) is 8.36. The van der Waals surface area contributed by atoms with Gasteiger partial charge in [0.1, 0.15) is 0 Å². The number of hydrogen-bond donors (Lipinski definition) is 2. The predicted octanol–water partition coefficient (Wildman–Crippen LogP) is 2.53. The Labute approximate surface area is 115 Å². The summed E-state index contributed by atoms with van der Waals surface area (Å²) >= 11 is 0. The van der Waals surface area contributed by atoms with Gasteiger partial charge >= 0.3 is 7.75 Å². The molecule has 0 aliphatic carbocycles. The Morgan fingerprint density at radius 3 is 2.37 bits per heavy atom. The third-order valence-electron chi connectivity index (χ3n) is 3.78. The van der Waals surface area contributed by atoms with Gasteiger partial charge in [0.15, 0.2) is 0 Å². The molecule has 0 radical (unpaired) electrons. The Hall–Kier alpha value is 0.0300. The molecule has 2 aliphatic heterocycles. The van der Waals surface area contributed by atoms with Crippen LogP contribution in [0, 0.1) is 0 Å². The van der Waals surface area contributed by atoms with Gasteiger partial charge in [-0.05, 0) is 47.0 Å². The van der Waals surface area contributed by atoms with Gasteiger partial charge in [-0.25, -0.2) is 9.65 Å². The minimum Gasteiger partial charge on any atom is -0.313 e. The topological polar surface area (TPSA) is 71.0 Å². The van der Waals surface area contributed by atoms with Crippen LogP contribution in [0.4, 0.5) is 0 Å². The first-order chi connectivity index (χ1) is 8.65. The van der Waals surface area contributed by atoms with E-state index in [1.807, 2.05) is 27.7 Å². The molecule has 0 bridgehead atoms. The lowest BCUT2D eigenvalue weighted by Gasteiger charge is -2.51. The Morgan fingerprint density at radius 2 is 1.89 bits per heavy atom. The molecule has 19 heavy (non-hydrogen) atoms. The van der Waals surface area contributed by atoms with Crippen LogP contribution >= 0.6 is 7.75 Å². The van der Waals surface area contributed by atoms with Gasteiger partial charge in [-0.1, -0.05) is 0 Å². The summed E-state index contributed by atoms with van der Waals surface area (Å²) in [5.41, 5.74) is -0.831. The highest BCUT2D eigenvalue weighted by Gasteiger charge is 2.47. The first kappa shape index (κ1) is 15.4. The monoisotopic (exact) mass is 292 g/mol. The first-order valence-electron chi connectivity index (χ1n) is 6.82. The molecular weight excluding hydrogens is 267 g/mol. The van der Waals surface area contributed by atoms with E-state index in [0.717, 1.165) is 6.42 Å². The van der Waals surface area contributed by atoms with Crippen molar-refractivity contribution in [3.05, 3.63) is 0 Å². The van der Waals surface area contributed by atoms with Crippen molar-refractivity contribution >= 4 is 7.75 Å². The molecule has 2 aliphatic rings. The van der Waals surface area contributed by atoms with Crippen LogP contribution < -0.4 is 5.09 Å². The van der Waals surface area contributed by atoms with Crippen LogP contribution in [-0.2, 0) is 13.6 Å². The summed E-state index contributed by atoms with van der Waals surface area (Å²) in [6, 6.07) is 0. The lowest BCUT2D eigenvalue weighted by molar-refractivity contribution is -0.255. The molecule has 2 heterocycles. The Kier molecular flexibility index (Phi) is 4.14. The van der Waals surface area contributed by atoms with Crippen molar-refractivity contribution in [3.8, 4) is 0 Å². The van der Waals surface area contributed by atoms with E-state index in [1.165, 1.54) is 5.06 Å². The summed E-state index contributed by atoms with van der Waals surface area (Å²) in [5.74, 6) is 0. The molecule has 0 aromatic carbocycles. The standard InChI is InChI=1S/C12H25N2O4P/c1-11(2)8-10(9-12(3,4)14(11)15)18-19(16)13-6-5-7-17-19/h10,15H,5-9H2,1-4H3,(H,13,16). The Morgan fingerprint density at radius 1 is 1.32 bits per heavy atom. The van der Waals surface area contributed by atoms with E-state index in [0.29, 0.717) is 26.0 Å². The average molecular weight is 292 g/mol. The fraction of sp³-hybridized carbons (Fsp3) is 1.00. The molecule has 112 valence electrons. The van der Waals surface area contributed by atoms with Crippen LogP contribution in [0.15, 0.2) is 0 Å². The zero-order valence-corrected chi connectivity index (χ0v) is 13.1. The molecule has 1 unspecified atom stereocenters. The number of nitrogens with one attached hydrogen (secondary N) is 1. The SMILES string of the molecule is CC1(C)CC(OP2(=O)NCCCO2)CC(C)(C)N1O. The fourth-order valence-corrected chi connectivity index (χ4v) is 4.61. The third kappa shape index (κ3) is 3.38. The van der Waals surface area contributed by atoms with Gasteiger partial charge in [0.25, 0.3) is 0 Å². The van der Waals surface area contributed by atoms with E-state index in [-0.39, 0.29) is 6.10 Å². The number of hydroxylamine groups is 2. The molecule has 2 N–H and O–H groups in total. The van der Waals surface area contributed by atoms with Crippen LogP contribution in [0.2, 0.25) is 0 Å². The maximum absolute atomic E-state index is 12.4. The maximum atomic E-state index is 12.4. The van der Waals surface area contributed by atoms with Crippen molar-refractivity contribution in [2.45, 2.75) is 64.1 Å². The molecule has 7 heteroatoms. The van der Waals surface area contributed by atoms with Crippen molar-refractivity contribution in [3.63, 3.8) is 0 Å². The van der Waals surface area contributed by atoms with E-state index < -0.39 is 18.8 Å². The highest BCUT2D eigenvalue weighted by Crippen LogP contribution is 2.50. The molecule has 2 fully saturated rings. The van der Waals surface area contributed by atoms with Crippen molar-refractivity contribution in [2.75, 3.05) is 13.2 Å². The maximum Gasteiger partial charge on any atom is 0.405 e. The van der Waals surface area contributed by atoms with E-state index in [2.05, 4.69) is 5.09 Å². The largest absolute Gasteiger partial charge is 0.405 e. The highest BCUT2D eigenvalue weighted by molar-refractivity contribution is 7.51. The summed E-state index contributed by atoms with van der Waals surface area (Å²) in [5, 5.41) is 14.4. The Bertz CT molecular complexity index is 358. The van der Waals surface area contributed by atoms with Crippen molar-refractivity contribution in [1.82, 2.24) is 10.2 Å². The van der Waals surface area contributed by atoms with Crippen LogP contribution in [0.25, 0.3) is 0 Å². The van der Waals surface area contributed by atoms with Gasteiger partial charge in [-0.15, -0.1) is 0 Å². The number of hydrogen-bond acceptors (Lipinski definition) is 5. The third-order valence-corrected chi connectivity index (χ3v) is 5.49. The fourth-order valence-electron chi connectivity index (χ4n) is 3.04. The molecule has 6 nitrogen and oxygen atoms in total. The second kappa shape index (κ2) is 5.10. The van der Waals surface area contributed by atoms with Crippen molar-refractivity contribution < 1.29 is 18.8 Å². The van der Waals surface area contributed by atoms with Crippen LogP contribution in [0.5, 0.6) is 0 Å². The molecule has 2 saturated heterocycles. The summed E-state index contributed by atoms with van der Waals surface area (Å²) in [7, 11) is -3.16. The molecule has 0 aromatic rings. The Balaban J connectivity index is 2.07. The molecule has 0 spiro atoms. The zero-order chi connectivity index (χ0) is 14.3. The lowest BCUT2D eigenvalue weighted by atomic mass is 9.80. The van der Waals surface area contributed by atoms with E-state index in [9.17, 15) is 9.77 Å². The summed E-state index contributed by atoms with van der Waals surface area (Å²) < 4.78 is 23.4. The van der Waals surface area contributed by atoms with E-state index in [4.69, 9.17) is 9.05 Å². The molecule has 1 atom stereocenters. The number of piperidine rings is 1. The number of rotatable bonds is 2. The minimum atomic E-state index is -3.16. The highest BCUT2D eigenvalue weighted by atomic mass is 31.2. The lowest BCUT2D eigenvalue weighted by Crippen LogP contribution is -2.60. The summed E-state index contributed by atoms with van der Waals surface area (Å²) in [6.07, 6.45) is 1.88. The van der Waals surface area contributed by atoms with Crippen molar-refractivity contribution in [1.29, 1.82) is 0 Å². The normalized spacial score (nSPS) is 36.3. The second-order valence-corrected chi connectivity index (χ2v) is 8.44. The molecule has 0 saturated carbocycles. The van der Waals surface area contributed by atoms with Crippen molar-refractivity contribution in [2.24, 2.45) is 0 Å². The zero-order valence-electron chi connectivity index (χ0n) is 12.2. The van der Waals surface area contributed by atoms with Crippen LogP contribution in [0.1, 0.15) is 47.0 Å². The smallest absolute Gasteiger partial charge is 0.313 e. The van der Waals surface area contributed by atoms with Crippen LogP contribution in [0.3, 0.4) is 0 Å².